The maximum atomic E-state index is 7.90. The summed E-state index contributed by atoms with van der Waals surface area (Å²) in [5, 5.41) is 7.90. The van der Waals surface area contributed by atoms with Gasteiger partial charge in [0.05, 0.1) is 11.8 Å². The smallest absolute Gasteiger partial charge is 0.0995 e. The second-order valence-electron chi connectivity index (χ2n) is 5.67. The molecule has 3 N–H and O–H groups in total. The van der Waals surface area contributed by atoms with E-state index in [-0.39, 0.29) is 11.8 Å². The highest BCUT2D eigenvalue weighted by molar-refractivity contribution is 5.84. The first-order chi connectivity index (χ1) is 10.2. The van der Waals surface area contributed by atoms with Crippen LogP contribution in [0.5, 0.6) is 0 Å². The highest BCUT2D eigenvalue weighted by Crippen LogP contribution is 2.23. The van der Waals surface area contributed by atoms with Crippen LogP contribution in [0.4, 0.5) is 0 Å². The monoisotopic (exact) mass is 279 g/mol. The van der Waals surface area contributed by atoms with Gasteiger partial charge in [0.1, 0.15) is 0 Å². The molecule has 108 valence electrons. The van der Waals surface area contributed by atoms with Crippen LogP contribution in [0.2, 0.25) is 0 Å². The summed E-state index contributed by atoms with van der Waals surface area (Å²) in [4.78, 5) is 2.40. The van der Waals surface area contributed by atoms with E-state index < -0.39 is 0 Å². The van der Waals surface area contributed by atoms with Gasteiger partial charge in [0, 0.05) is 19.6 Å². The zero-order chi connectivity index (χ0) is 14.7. The number of nitrogens with one attached hydrogen (secondary N) is 1. The lowest BCUT2D eigenvalue weighted by molar-refractivity contribution is 0.251. The van der Waals surface area contributed by atoms with Crippen molar-refractivity contribution in [3.05, 3.63) is 71.3 Å². The van der Waals surface area contributed by atoms with Crippen LogP contribution in [0, 0.1) is 5.41 Å². The number of benzene rings is 2. The second kappa shape index (κ2) is 6.10. The molecular weight excluding hydrogens is 258 g/mol. The van der Waals surface area contributed by atoms with Crippen LogP contribution in [-0.2, 0) is 13.0 Å². The van der Waals surface area contributed by atoms with Crippen LogP contribution >= 0.6 is 0 Å². The minimum Gasteiger partial charge on any atom is -0.387 e. The van der Waals surface area contributed by atoms with Crippen molar-refractivity contribution in [2.24, 2.45) is 5.73 Å². The predicted molar refractivity (Wildman–Crippen MR) is 86.5 cm³/mol. The molecule has 0 spiro atoms. The van der Waals surface area contributed by atoms with E-state index in [1.807, 2.05) is 18.2 Å². The fraction of sp³-hybridized carbons (Fsp3) is 0.278. The fourth-order valence-electron chi connectivity index (χ4n) is 3.04. The van der Waals surface area contributed by atoms with Crippen LogP contribution < -0.4 is 5.73 Å². The Labute approximate surface area is 125 Å². The Morgan fingerprint density at radius 1 is 1.05 bits per heavy atom. The first kappa shape index (κ1) is 13.8. The van der Waals surface area contributed by atoms with Gasteiger partial charge in [0.2, 0.25) is 0 Å². The maximum Gasteiger partial charge on any atom is 0.0995 e. The number of nitrogens with two attached hydrogens (primary N) is 1. The van der Waals surface area contributed by atoms with Crippen molar-refractivity contribution in [2.45, 2.75) is 18.9 Å². The van der Waals surface area contributed by atoms with E-state index in [2.05, 4.69) is 41.3 Å². The van der Waals surface area contributed by atoms with Crippen LogP contribution in [0.3, 0.4) is 0 Å². The first-order valence-corrected chi connectivity index (χ1v) is 7.42. The lowest BCUT2D eigenvalue weighted by atomic mass is 9.94. The van der Waals surface area contributed by atoms with Crippen molar-refractivity contribution in [1.29, 1.82) is 5.41 Å². The molecule has 0 bridgehead atoms. The Kier molecular flexibility index (Phi) is 4.02. The summed E-state index contributed by atoms with van der Waals surface area (Å²) >= 11 is 0. The van der Waals surface area contributed by atoms with Gasteiger partial charge in [0.25, 0.3) is 0 Å². The summed E-state index contributed by atoms with van der Waals surface area (Å²) in [5.41, 5.74) is 9.82. The lowest BCUT2D eigenvalue weighted by Gasteiger charge is -2.31. The summed E-state index contributed by atoms with van der Waals surface area (Å²) in [6.07, 6.45) is 1.08. The Morgan fingerprint density at radius 2 is 1.71 bits per heavy atom. The van der Waals surface area contributed by atoms with E-state index in [4.69, 9.17) is 11.1 Å². The predicted octanol–water partition coefficient (Wildman–Crippen LogP) is 2.76. The average Bonchev–Trinajstić information content (AvgIpc) is 2.53. The van der Waals surface area contributed by atoms with Crippen molar-refractivity contribution in [3.63, 3.8) is 0 Å². The van der Waals surface area contributed by atoms with Crippen LogP contribution in [-0.4, -0.2) is 23.8 Å². The third-order valence-electron chi connectivity index (χ3n) is 4.23. The number of amidine groups is 1. The molecule has 1 aliphatic rings. The summed E-state index contributed by atoms with van der Waals surface area (Å²) in [7, 11) is 0. The second-order valence-corrected chi connectivity index (χ2v) is 5.67. The van der Waals surface area contributed by atoms with E-state index in [9.17, 15) is 0 Å². The molecule has 3 rings (SSSR count). The Morgan fingerprint density at radius 3 is 2.43 bits per heavy atom. The molecule has 1 unspecified atom stereocenters. The SMILES string of the molecule is N=C(N)C(CN1CCc2ccccc2C1)c1ccccc1. The Balaban J connectivity index is 1.75. The van der Waals surface area contributed by atoms with Crippen LogP contribution in [0.25, 0.3) is 0 Å². The van der Waals surface area contributed by atoms with Gasteiger partial charge in [-0.15, -0.1) is 0 Å². The Bertz CT molecular complexity index is 621. The third kappa shape index (κ3) is 3.14. The molecule has 1 atom stereocenters. The van der Waals surface area contributed by atoms with Crippen molar-refractivity contribution in [1.82, 2.24) is 4.90 Å². The molecule has 1 heterocycles. The molecule has 0 fully saturated rings. The molecule has 3 nitrogen and oxygen atoms in total. The first-order valence-electron chi connectivity index (χ1n) is 7.42. The molecule has 0 aromatic heterocycles. The number of hydrogen-bond donors (Lipinski definition) is 2. The molecule has 0 aliphatic carbocycles. The molecule has 0 amide bonds. The highest BCUT2D eigenvalue weighted by atomic mass is 15.1. The van der Waals surface area contributed by atoms with E-state index >= 15 is 0 Å². The molecule has 21 heavy (non-hydrogen) atoms. The van der Waals surface area contributed by atoms with Crippen molar-refractivity contribution < 1.29 is 0 Å². The van der Waals surface area contributed by atoms with E-state index in [1.54, 1.807) is 0 Å². The third-order valence-corrected chi connectivity index (χ3v) is 4.23. The number of nitrogens with zero attached hydrogens (tertiary/aromatic N) is 1. The molecule has 1 aliphatic heterocycles. The van der Waals surface area contributed by atoms with Crippen molar-refractivity contribution in [3.8, 4) is 0 Å². The number of rotatable bonds is 4. The minimum atomic E-state index is -0.0172. The van der Waals surface area contributed by atoms with Gasteiger partial charge in [-0.25, -0.2) is 0 Å². The fourth-order valence-corrected chi connectivity index (χ4v) is 3.04. The summed E-state index contributed by atoms with van der Waals surface area (Å²) < 4.78 is 0. The van der Waals surface area contributed by atoms with Gasteiger partial charge in [-0.3, -0.25) is 10.3 Å². The van der Waals surface area contributed by atoms with Crippen molar-refractivity contribution in [2.75, 3.05) is 13.1 Å². The van der Waals surface area contributed by atoms with E-state index in [1.165, 1.54) is 11.1 Å². The largest absolute Gasteiger partial charge is 0.387 e. The zero-order valence-corrected chi connectivity index (χ0v) is 12.1. The Hall–Kier alpha value is -2.13. The topological polar surface area (TPSA) is 53.1 Å². The molecule has 3 heteroatoms. The highest BCUT2D eigenvalue weighted by Gasteiger charge is 2.22. The molecule has 2 aromatic carbocycles. The van der Waals surface area contributed by atoms with E-state index in [0.717, 1.165) is 31.6 Å². The summed E-state index contributed by atoms with van der Waals surface area (Å²) in [6, 6.07) is 18.8. The van der Waals surface area contributed by atoms with Gasteiger partial charge < -0.3 is 5.73 Å². The molecule has 2 aromatic rings. The lowest BCUT2D eigenvalue weighted by Crippen LogP contribution is -2.37. The molecule has 0 saturated heterocycles. The van der Waals surface area contributed by atoms with Crippen LogP contribution in [0.1, 0.15) is 22.6 Å². The van der Waals surface area contributed by atoms with Gasteiger partial charge in [0.15, 0.2) is 0 Å². The zero-order valence-electron chi connectivity index (χ0n) is 12.1. The average molecular weight is 279 g/mol. The van der Waals surface area contributed by atoms with Gasteiger partial charge >= 0.3 is 0 Å². The van der Waals surface area contributed by atoms with Crippen molar-refractivity contribution >= 4 is 5.84 Å². The standard InChI is InChI=1S/C18H21N3/c19-18(20)17(15-7-2-1-3-8-15)13-21-11-10-14-6-4-5-9-16(14)12-21/h1-9,17H,10-13H2,(H3,19,20). The van der Waals surface area contributed by atoms with Crippen LogP contribution in [0.15, 0.2) is 54.6 Å². The minimum absolute atomic E-state index is 0.0172. The van der Waals surface area contributed by atoms with E-state index in [0.29, 0.717) is 0 Å². The number of hydrogen-bond acceptors (Lipinski definition) is 2. The van der Waals surface area contributed by atoms with Gasteiger partial charge in [-0.05, 0) is 23.1 Å². The summed E-state index contributed by atoms with van der Waals surface area (Å²) in [5.74, 6) is 0.233. The molecular formula is C18H21N3. The maximum absolute atomic E-state index is 7.90. The number of fused-ring (bicyclic) bond motifs is 1. The molecule has 0 radical (unpaired) electrons. The normalized spacial score (nSPS) is 16.2. The van der Waals surface area contributed by atoms with Gasteiger partial charge in [-0.2, -0.15) is 0 Å². The summed E-state index contributed by atoms with van der Waals surface area (Å²) in [6.45, 7) is 2.80. The quantitative estimate of drug-likeness (QED) is 0.668. The van der Waals surface area contributed by atoms with Gasteiger partial charge in [-0.1, -0.05) is 54.6 Å². The molecule has 0 saturated carbocycles.